The van der Waals surface area contributed by atoms with Gasteiger partial charge in [0.1, 0.15) is 0 Å². The van der Waals surface area contributed by atoms with Crippen molar-refractivity contribution >= 4 is 27.7 Å². The van der Waals surface area contributed by atoms with Gasteiger partial charge in [0.15, 0.2) is 0 Å². The Hall–Kier alpha value is -2.04. The molecular weight excluding hydrogens is 461 g/mol. The molecule has 0 aliphatic carbocycles. The molecule has 4 rings (SSSR count). The summed E-state index contributed by atoms with van der Waals surface area (Å²) in [5.41, 5.74) is 0.595. The molecule has 1 amide bonds. The van der Waals surface area contributed by atoms with Gasteiger partial charge in [-0.2, -0.15) is 17.5 Å². The van der Waals surface area contributed by atoms with Crippen molar-refractivity contribution in [3.8, 4) is 0 Å². The zero-order valence-corrected chi connectivity index (χ0v) is 19.1. The molecule has 2 aromatic rings. The third-order valence-corrected chi connectivity index (χ3v) is 9.44. The molecule has 0 radical (unpaired) electrons. The lowest BCUT2D eigenvalue weighted by atomic mass is 10.0. The summed E-state index contributed by atoms with van der Waals surface area (Å²) in [6.07, 6.45) is -3.77. The van der Waals surface area contributed by atoms with Crippen molar-refractivity contribution in [2.45, 2.75) is 35.7 Å². The Labute approximate surface area is 189 Å². The number of nitrogens with zero attached hydrogens (tertiary/aromatic N) is 2. The Bertz CT molecular complexity index is 1130. The highest BCUT2D eigenvalue weighted by molar-refractivity contribution is 8.00. The molecule has 0 bridgehead atoms. The van der Waals surface area contributed by atoms with Crippen LogP contribution < -0.4 is 0 Å². The van der Waals surface area contributed by atoms with Crippen molar-refractivity contribution in [2.24, 2.45) is 0 Å². The van der Waals surface area contributed by atoms with E-state index in [1.165, 1.54) is 10.4 Å². The van der Waals surface area contributed by atoms with Crippen molar-refractivity contribution in [1.29, 1.82) is 0 Å². The monoisotopic (exact) mass is 484 g/mol. The highest BCUT2D eigenvalue weighted by atomic mass is 32.2. The average Bonchev–Trinajstić information content (AvgIpc) is 3.15. The van der Waals surface area contributed by atoms with Crippen LogP contribution in [0, 0.1) is 6.92 Å². The third kappa shape index (κ3) is 4.27. The van der Waals surface area contributed by atoms with Gasteiger partial charge in [-0.15, -0.1) is 11.8 Å². The summed E-state index contributed by atoms with van der Waals surface area (Å²) in [6.45, 7) is 2.78. The largest absolute Gasteiger partial charge is 0.416 e. The minimum Gasteiger partial charge on any atom is -0.323 e. The lowest BCUT2D eigenvalue weighted by Gasteiger charge is -2.43. The van der Waals surface area contributed by atoms with E-state index >= 15 is 0 Å². The minimum atomic E-state index is -4.62. The predicted octanol–water partition coefficient (Wildman–Crippen LogP) is 4.38. The third-order valence-electron chi connectivity index (χ3n) is 5.99. The van der Waals surface area contributed by atoms with Gasteiger partial charge >= 0.3 is 6.18 Å². The maximum Gasteiger partial charge on any atom is 0.416 e. The molecule has 2 aliphatic heterocycles. The first-order valence-corrected chi connectivity index (χ1v) is 12.7. The maximum atomic E-state index is 13.2. The van der Waals surface area contributed by atoms with E-state index in [0.717, 1.165) is 23.4 Å². The van der Waals surface area contributed by atoms with Gasteiger partial charge in [0.05, 0.1) is 15.3 Å². The van der Waals surface area contributed by atoms with E-state index in [0.29, 0.717) is 31.0 Å². The molecule has 172 valence electrons. The number of hydrogen-bond donors (Lipinski definition) is 0. The Kier molecular flexibility index (Phi) is 6.06. The van der Waals surface area contributed by atoms with Gasteiger partial charge in [0.25, 0.3) is 5.91 Å². The first-order chi connectivity index (χ1) is 15.0. The van der Waals surface area contributed by atoms with Crippen molar-refractivity contribution in [2.75, 3.05) is 25.4 Å². The number of benzene rings is 2. The minimum absolute atomic E-state index is 0.0760. The van der Waals surface area contributed by atoms with E-state index < -0.39 is 26.6 Å². The second-order valence-corrected chi connectivity index (χ2v) is 11.4. The predicted molar refractivity (Wildman–Crippen MR) is 117 cm³/mol. The van der Waals surface area contributed by atoms with Gasteiger partial charge in [-0.1, -0.05) is 23.8 Å². The van der Waals surface area contributed by atoms with Crippen molar-refractivity contribution in [3.05, 3.63) is 65.2 Å². The molecule has 2 aliphatic rings. The van der Waals surface area contributed by atoms with Crippen LogP contribution >= 0.6 is 11.8 Å². The van der Waals surface area contributed by atoms with Crippen LogP contribution in [-0.4, -0.2) is 53.8 Å². The molecule has 0 unspecified atom stereocenters. The molecule has 0 saturated carbocycles. The van der Waals surface area contributed by atoms with Gasteiger partial charge in [-0.25, -0.2) is 8.42 Å². The number of alkyl halides is 3. The van der Waals surface area contributed by atoms with E-state index in [-0.39, 0.29) is 23.9 Å². The van der Waals surface area contributed by atoms with Crippen LogP contribution in [0.5, 0.6) is 0 Å². The molecule has 2 fully saturated rings. The molecule has 32 heavy (non-hydrogen) atoms. The molecule has 1 spiro atoms. The second kappa shape index (κ2) is 8.39. The highest BCUT2D eigenvalue weighted by Crippen LogP contribution is 2.45. The SMILES string of the molecule is Cc1cccc(C(=O)N2CCSC23CCN(S(=O)(=O)c2cccc(C(F)(F)F)c2)CC3)c1. The normalized spacial score (nSPS) is 19.4. The van der Waals surface area contributed by atoms with Crippen molar-refractivity contribution in [3.63, 3.8) is 0 Å². The van der Waals surface area contributed by atoms with Crippen LogP contribution in [0.3, 0.4) is 0 Å². The summed E-state index contributed by atoms with van der Waals surface area (Å²) in [5, 5.41) is 0. The smallest absolute Gasteiger partial charge is 0.323 e. The van der Waals surface area contributed by atoms with E-state index in [1.54, 1.807) is 17.8 Å². The van der Waals surface area contributed by atoms with Gasteiger partial charge in [0, 0.05) is 31.0 Å². The van der Waals surface area contributed by atoms with E-state index in [4.69, 9.17) is 0 Å². The summed E-state index contributed by atoms with van der Waals surface area (Å²) >= 11 is 1.65. The zero-order valence-electron chi connectivity index (χ0n) is 17.4. The number of hydrogen-bond acceptors (Lipinski definition) is 4. The molecular formula is C22H23F3N2O3S2. The Morgan fingerprint density at radius 2 is 1.72 bits per heavy atom. The van der Waals surface area contributed by atoms with Crippen LogP contribution in [0.25, 0.3) is 0 Å². The first kappa shape index (κ1) is 23.1. The number of amides is 1. The molecule has 2 saturated heterocycles. The van der Waals surface area contributed by atoms with Crippen molar-refractivity contribution in [1.82, 2.24) is 9.21 Å². The zero-order chi connectivity index (χ0) is 23.1. The fourth-order valence-corrected chi connectivity index (χ4v) is 7.24. The fraction of sp³-hybridized carbons (Fsp3) is 0.409. The lowest BCUT2D eigenvalue weighted by Crippen LogP contribution is -2.53. The number of carbonyl (C=O) groups excluding carboxylic acids is 1. The second-order valence-electron chi connectivity index (χ2n) is 8.05. The molecule has 0 atom stereocenters. The Morgan fingerprint density at radius 1 is 1.03 bits per heavy atom. The van der Waals surface area contributed by atoms with Crippen molar-refractivity contribution < 1.29 is 26.4 Å². The van der Waals surface area contributed by atoms with Crippen LogP contribution in [0.4, 0.5) is 13.2 Å². The molecule has 2 aromatic carbocycles. The number of halogens is 3. The molecule has 2 heterocycles. The van der Waals surface area contributed by atoms with E-state index in [2.05, 4.69) is 0 Å². The number of aryl methyl sites for hydroxylation is 1. The topological polar surface area (TPSA) is 57.7 Å². The van der Waals surface area contributed by atoms with Gasteiger partial charge in [-0.3, -0.25) is 4.79 Å². The maximum absolute atomic E-state index is 13.2. The lowest BCUT2D eigenvalue weighted by molar-refractivity contribution is -0.137. The summed E-state index contributed by atoms with van der Waals surface area (Å²) in [4.78, 5) is 14.1. The standard InChI is InChI=1S/C22H23F3N2O3S2/c1-16-4-2-5-17(14-16)20(28)27-12-13-31-21(27)8-10-26(11-9-21)32(29,30)19-7-3-6-18(15-19)22(23,24)25/h2-7,14-15H,8-13H2,1H3. The van der Waals surface area contributed by atoms with Crippen LogP contribution in [0.15, 0.2) is 53.4 Å². The molecule has 0 aromatic heterocycles. The van der Waals surface area contributed by atoms with E-state index in [9.17, 15) is 26.4 Å². The summed E-state index contributed by atoms with van der Waals surface area (Å²) in [5.74, 6) is 0.686. The number of piperidine rings is 1. The number of thioether (sulfide) groups is 1. The van der Waals surface area contributed by atoms with E-state index in [1.807, 2.05) is 30.0 Å². The van der Waals surface area contributed by atoms with Gasteiger partial charge < -0.3 is 4.90 Å². The molecule has 5 nitrogen and oxygen atoms in total. The Morgan fingerprint density at radius 3 is 2.38 bits per heavy atom. The van der Waals surface area contributed by atoms with Gasteiger partial charge in [0.2, 0.25) is 10.0 Å². The number of sulfonamides is 1. The average molecular weight is 485 g/mol. The Balaban J connectivity index is 1.52. The summed E-state index contributed by atoms with van der Waals surface area (Å²) < 4.78 is 66.4. The summed E-state index contributed by atoms with van der Waals surface area (Å²) in [6, 6.07) is 11.2. The molecule has 0 N–H and O–H groups in total. The van der Waals surface area contributed by atoms with Crippen LogP contribution in [0.1, 0.15) is 34.3 Å². The summed E-state index contributed by atoms with van der Waals surface area (Å²) in [7, 11) is -4.07. The fourth-order valence-electron chi connectivity index (χ4n) is 4.30. The highest BCUT2D eigenvalue weighted by Gasteiger charge is 2.48. The molecule has 10 heteroatoms. The van der Waals surface area contributed by atoms with Crippen LogP contribution in [-0.2, 0) is 16.2 Å². The number of carbonyl (C=O) groups is 1. The quantitative estimate of drug-likeness (QED) is 0.649. The van der Waals surface area contributed by atoms with Crippen LogP contribution in [0.2, 0.25) is 0 Å². The number of rotatable bonds is 3. The van der Waals surface area contributed by atoms with Gasteiger partial charge in [-0.05, 0) is 50.1 Å². The first-order valence-electron chi connectivity index (χ1n) is 10.2.